The summed E-state index contributed by atoms with van der Waals surface area (Å²) in [5, 5.41) is 0. The predicted octanol–water partition coefficient (Wildman–Crippen LogP) is 17.1. The van der Waals surface area contributed by atoms with Crippen LogP contribution in [-0.4, -0.2) is 3.21 Å². The molecule has 8 rings (SSSR count). The standard InChI is InChI=1S/C33H33.C15H8Cl6.C5H5.Zr/c1-32(2,3)30-20-26-24(18-28(30)22-13-9-7-10-14-22)17-25-19-29(23-15-11-8-12-16-23)31(21-27(25)26)33(4,5)6;16-14(17,18)12-5-1-3-10(8-12)7-11-4-2-6-13(9-11)15(19,20)21;1-2-4-5-3-1;/h7-21H,1-6H3;1-6,8-9H;1-3H,4H2;. The molecule has 0 aromatic heterocycles. The molecule has 0 aliphatic heterocycles. The average molecular weight is 987 g/mol. The van der Waals surface area contributed by atoms with Crippen LogP contribution in [0, 0.1) is 0 Å². The molecule has 0 saturated heterocycles. The van der Waals surface area contributed by atoms with Crippen molar-refractivity contribution in [1.82, 2.24) is 0 Å². The summed E-state index contributed by atoms with van der Waals surface area (Å²) < 4.78 is -0.443. The molecule has 2 aliphatic rings. The molecular weight excluding hydrogens is 941 g/mol. The van der Waals surface area contributed by atoms with Crippen molar-refractivity contribution in [3.63, 3.8) is 0 Å². The minimum atomic E-state index is -3.34. The zero-order valence-corrected chi connectivity index (χ0v) is 41.5. The average Bonchev–Trinajstić information content (AvgIpc) is 3.85. The molecule has 0 bridgehead atoms. The number of allylic oxidation sites excluding steroid dienone is 4. The second kappa shape index (κ2) is 16.8. The summed E-state index contributed by atoms with van der Waals surface area (Å²) in [5.41, 5.74) is 15.9. The fourth-order valence-electron chi connectivity index (χ4n) is 8.93. The number of benzene rings is 6. The Labute approximate surface area is 393 Å². The number of fused-ring (bicyclic) bond motifs is 3. The first-order chi connectivity index (χ1) is 28.3. The van der Waals surface area contributed by atoms with E-state index < -0.39 is 28.9 Å². The number of hydrogen-bond donors (Lipinski definition) is 0. The SMILES string of the molecule is CC(C)(C)c1cc2c(cc1-c1ccccc1)[CH]([Zr]([C]1=CC=CC1)=[C](c1cccc(C(Cl)(Cl)Cl)c1)c1cccc(C(Cl)(Cl)Cl)c1)c1cc(-c3ccccc3)c(C(C)(C)C)cc1-2. The molecule has 0 spiro atoms. The van der Waals surface area contributed by atoms with E-state index in [9.17, 15) is 0 Å². The minimum absolute atomic E-state index is 0.0688. The van der Waals surface area contributed by atoms with Crippen LogP contribution in [-0.2, 0) is 39.7 Å². The molecule has 304 valence electrons. The van der Waals surface area contributed by atoms with Crippen LogP contribution in [0.25, 0.3) is 33.4 Å². The van der Waals surface area contributed by atoms with E-state index in [0.29, 0.717) is 11.1 Å². The molecule has 7 heteroatoms. The van der Waals surface area contributed by atoms with Gasteiger partial charge < -0.3 is 0 Å². The van der Waals surface area contributed by atoms with Gasteiger partial charge in [0.25, 0.3) is 0 Å². The van der Waals surface area contributed by atoms with Crippen LogP contribution in [0.4, 0.5) is 0 Å². The second-order valence-electron chi connectivity index (χ2n) is 17.9. The fraction of sp³-hybridized carbons (Fsp3) is 0.226. The van der Waals surface area contributed by atoms with Gasteiger partial charge in [0.2, 0.25) is 0 Å². The van der Waals surface area contributed by atoms with Crippen LogP contribution in [0.2, 0.25) is 0 Å². The van der Waals surface area contributed by atoms with E-state index in [0.717, 1.165) is 17.5 Å². The van der Waals surface area contributed by atoms with Crippen LogP contribution in [0.1, 0.15) is 96.1 Å². The van der Waals surface area contributed by atoms with Gasteiger partial charge in [-0.3, -0.25) is 0 Å². The molecule has 0 radical (unpaired) electrons. The van der Waals surface area contributed by atoms with Gasteiger partial charge >= 0.3 is 397 Å². The van der Waals surface area contributed by atoms with E-state index in [2.05, 4.69) is 169 Å². The molecule has 0 amide bonds. The van der Waals surface area contributed by atoms with Crippen molar-refractivity contribution in [2.75, 3.05) is 0 Å². The van der Waals surface area contributed by atoms with Crippen molar-refractivity contribution < 1.29 is 21.3 Å². The Kier molecular flexibility index (Phi) is 12.3. The first kappa shape index (κ1) is 43.9. The Bertz CT molecular complexity index is 2530. The number of hydrogen-bond acceptors (Lipinski definition) is 0. The molecule has 0 nitrogen and oxygen atoms in total. The van der Waals surface area contributed by atoms with Gasteiger partial charge in [-0.25, -0.2) is 0 Å². The van der Waals surface area contributed by atoms with Crippen molar-refractivity contribution in [3.05, 3.63) is 199 Å². The maximum absolute atomic E-state index is 6.65. The molecule has 6 aromatic rings. The Morgan fingerprint density at radius 3 is 1.30 bits per heavy atom. The maximum atomic E-state index is 6.65. The van der Waals surface area contributed by atoms with E-state index in [-0.39, 0.29) is 14.5 Å². The van der Waals surface area contributed by atoms with Crippen LogP contribution in [0.5, 0.6) is 0 Å². The summed E-state index contributed by atoms with van der Waals surface area (Å²) in [4.78, 5) is 0. The topological polar surface area (TPSA) is 0 Å². The van der Waals surface area contributed by atoms with Gasteiger partial charge in [0.1, 0.15) is 0 Å². The van der Waals surface area contributed by atoms with E-state index in [4.69, 9.17) is 69.6 Å². The predicted molar refractivity (Wildman–Crippen MR) is 258 cm³/mol. The van der Waals surface area contributed by atoms with Gasteiger partial charge in [0, 0.05) is 0 Å². The van der Waals surface area contributed by atoms with Crippen LogP contribution < -0.4 is 0 Å². The van der Waals surface area contributed by atoms with Crippen LogP contribution in [0.15, 0.2) is 155 Å². The second-order valence-corrected chi connectivity index (χ2v) is 28.7. The third kappa shape index (κ3) is 8.77. The van der Waals surface area contributed by atoms with E-state index in [1.54, 1.807) is 0 Å². The summed E-state index contributed by atoms with van der Waals surface area (Å²) in [5.74, 6) is 0. The normalized spacial score (nSPS) is 14.2. The summed E-state index contributed by atoms with van der Waals surface area (Å²) >= 11 is 36.6. The fourth-order valence-corrected chi connectivity index (χ4v) is 18.5. The summed E-state index contributed by atoms with van der Waals surface area (Å²) in [7, 11) is 0. The molecular formula is C53H46Cl6Zr. The Morgan fingerprint density at radius 1 is 0.500 bits per heavy atom. The Hall–Kier alpha value is -2.71. The first-order valence-electron chi connectivity index (χ1n) is 20.2. The molecule has 0 unspecified atom stereocenters. The zero-order chi connectivity index (χ0) is 42.8. The van der Waals surface area contributed by atoms with Gasteiger partial charge in [-0.2, -0.15) is 0 Å². The van der Waals surface area contributed by atoms with Gasteiger partial charge in [-0.15, -0.1) is 0 Å². The zero-order valence-electron chi connectivity index (χ0n) is 34.5. The number of halogens is 6. The van der Waals surface area contributed by atoms with Gasteiger partial charge in [-0.1, -0.05) is 0 Å². The van der Waals surface area contributed by atoms with Crippen LogP contribution >= 0.6 is 69.6 Å². The quantitative estimate of drug-likeness (QED) is 0.146. The number of alkyl halides is 6. The Morgan fingerprint density at radius 2 is 0.933 bits per heavy atom. The van der Waals surface area contributed by atoms with Crippen molar-refractivity contribution in [2.45, 2.75) is 70.0 Å². The van der Waals surface area contributed by atoms with Crippen molar-refractivity contribution in [2.24, 2.45) is 0 Å². The first-order valence-corrected chi connectivity index (χ1v) is 26.4. The third-order valence-electron chi connectivity index (χ3n) is 11.7. The molecule has 6 aromatic carbocycles. The van der Waals surface area contributed by atoms with Crippen LogP contribution in [0.3, 0.4) is 0 Å². The summed E-state index contributed by atoms with van der Waals surface area (Å²) in [6.45, 7) is 13.9. The molecule has 0 heterocycles. The van der Waals surface area contributed by atoms with Gasteiger partial charge in [0.05, 0.1) is 0 Å². The summed E-state index contributed by atoms with van der Waals surface area (Å²) in [6.07, 6.45) is 7.74. The molecule has 0 fully saturated rings. The van der Waals surface area contributed by atoms with Gasteiger partial charge in [-0.05, 0) is 0 Å². The van der Waals surface area contributed by atoms with E-state index >= 15 is 0 Å². The van der Waals surface area contributed by atoms with Crippen molar-refractivity contribution >= 4 is 72.8 Å². The molecule has 0 atom stereocenters. The van der Waals surface area contributed by atoms with Gasteiger partial charge in [0.15, 0.2) is 0 Å². The van der Waals surface area contributed by atoms with Crippen molar-refractivity contribution in [1.29, 1.82) is 0 Å². The van der Waals surface area contributed by atoms with Crippen molar-refractivity contribution in [3.8, 4) is 33.4 Å². The monoisotopic (exact) mass is 982 g/mol. The third-order valence-corrected chi connectivity index (χ3v) is 21.3. The van der Waals surface area contributed by atoms with E-state index in [1.807, 2.05) is 24.3 Å². The Balaban J connectivity index is 1.57. The molecule has 2 aliphatic carbocycles. The molecule has 0 saturated carbocycles. The number of rotatable bonds is 6. The molecule has 60 heavy (non-hydrogen) atoms. The summed E-state index contributed by atoms with van der Waals surface area (Å²) in [6, 6.07) is 48.0. The van der Waals surface area contributed by atoms with E-state index in [1.165, 1.54) is 62.1 Å². The molecule has 0 N–H and O–H groups in total.